The number of nitrogens with zero attached hydrogens (tertiary/aromatic N) is 1. The molecule has 0 heterocycles. The lowest BCUT2D eigenvalue weighted by atomic mass is 10.1. The lowest BCUT2D eigenvalue weighted by Gasteiger charge is -2.09. The van der Waals surface area contributed by atoms with Gasteiger partial charge in [0, 0.05) is 12.5 Å². The van der Waals surface area contributed by atoms with Crippen LogP contribution in [0.1, 0.15) is 18.1 Å². The molecule has 0 bridgehead atoms. The van der Waals surface area contributed by atoms with Gasteiger partial charge in [0.15, 0.2) is 6.61 Å². The van der Waals surface area contributed by atoms with Crippen molar-refractivity contribution in [2.75, 3.05) is 13.7 Å². The number of hydrogen-bond donors (Lipinski definition) is 1. The third-order valence-electron chi connectivity index (χ3n) is 3.56. The van der Waals surface area contributed by atoms with Crippen LogP contribution in [0.15, 0.2) is 60.2 Å². The van der Waals surface area contributed by atoms with Gasteiger partial charge in [-0.3, -0.25) is 9.59 Å². The molecule has 1 N–H and O–H groups in total. The Labute approximate surface area is 163 Å². The highest BCUT2D eigenvalue weighted by Crippen LogP contribution is 2.23. The second-order valence-electron chi connectivity index (χ2n) is 5.68. The van der Waals surface area contributed by atoms with Crippen molar-refractivity contribution < 1.29 is 23.8 Å². The van der Waals surface area contributed by atoms with Crippen molar-refractivity contribution in [3.8, 4) is 17.2 Å². The van der Waals surface area contributed by atoms with E-state index >= 15 is 0 Å². The molecule has 7 heteroatoms. The predicted octanol–water partition coefficient (Wildman–Crippen LogP) is 2.88. The van der Waals surface area contributed by atoms with Crippen LogP contribution in [0, 0.1) is 0 Å². The molecule has 0 saturated heterocycles. The summed E-state index contributed by atoms with van der Waals surface area (Å²) in [7, 11) is 1.52. The fourth-order valence-electron chi connectivity index (χ4n) is 2.32. The van der Waals surface area contributed by atoms with Crippen molar-refractivity contribution in [3.63, 3.8) is 0 Å². The number of ether oxygens (including phenoxy) is 3. The van der Waals surface area contributed by atoms with Crippen LogP contribution in [0.4, 0.5) is 0 Å². The zero-order valence-electron chi connectivity index (χ0n) is 15.8. The largest absolute Gasteiger partial charge is 0.497 e. The predicted molar refractivity (Wildman–Crippen MR) is 106 cm³/mol. The Hall–Kier alpha value is -3.61. The SMILES string of the molecule is C=CCc1ccccc1OCC(=O)NN=Cc1cc(OC)ccc1OC(C)=O. The van der Waals surface area contributed by atoms with Crippen molar-refractivity contribution >= 4 is 18.1 Å². The van der Waals surface area contributed by atoms with Gasteiger partial charge >= 0.3 is 5.97 Å². The van der Waals surface area contributed by atoms with Crippen molar-refractivity contribution in [3.05, 3.63) is 66.2 Å². The molecule has 7 nitrogen and oxygen atoms in total. The van der Waals surface area contributed by atoms with Crippen LogP contribution in [0.2, 0.25) is 0 Å². The average molecular weight is 382 g/mol. The molecule has 2 aromatic rings. The lowest BCUT2D eigenvalue weighted by molar-refractivity contribution is -0.132. The maximum atomic E-state index is 12.0. The van der Waals surface area contributed by atoms with Gasteiger partial charge in [0.1, 0.15) is 17.2 Å². The molecule has 0 aliphatic heterocycles. The van der Waals surface area contributed by atoms with Crippen LogP contribution in [0.3, 0.4) is 0 Å². The maximum Gasteiger partial charge on any atom is 0.308 e. The Morgan fingerprint density at radius 3 is 2.68 bits per heavy atom. The van der Waals surface area contributed by atoms with Gasteiger partial charge in [-0.1, -0.05) is 24.3 Å². The number of esters is 1. The Morgan fingerprint density at radius 2 is 1.96 bits per heavy atom. The van der Waals surface area contributed by atoms with Gasteiger partial charge in [-0.05, 0) is 36.2 Å². The van der Waals surface area contributed by atoms with E-state index in [1.165, 1.54) is 20.2 Å². The van der Waals surface area contributed by atoms with Gasteiger partial charge in [0.05, 0.1) is 13.3 Å². The smallest absolute Gasteiger partial charge is 0.308 e. The van der Waals surface area contributed by atoms with Crippen molar-refractivity contribution in [2.24, 2.45) is 5.10 Å². The van der Waals surface area contributed by atoms with Gasteiger partial charge in [-0.15, -0.1) is 6.58 Å². The molecule has 1 amide bonds. The Morgan fingerprint density at radius 1 is 1.18 bits per heavy atom. The van der Waals surface area contributed by atoms with Gasteiger partial charge in [0.2, 0.25) is 0 Å². The molecule has 0 spiro atoms. The topological polar surface area (TPSA) is 86.2 Å². The molecular formula is C21H22N2O5. The summed E-state index contributed by atoms with van der Waals surface area (Å²) < 4.78 is 15.8. The summed E-state index contributed by atoms with van der Waals surface area (Å²) >= 11 is 0. The number of carbonyl (C=O) groups is 2. The normalized spacial score (nSPS) is 10.4. The summed E-state index contributed by atoms with van der Waals surface area (Å²) in [5, 5.41) is 3.89. The zero-order valence-corrected chi connectivity index (χ0v) is 15.8. The number of hydrazone groups is 1. The molecule has 0 aliphatic carbocycles. The average Bonchev–Trinajstić information content (AvgIpc) is 2.68. The van der Waals surface area contributed by atoms with Crippen LogP contribution < -0.4 is 19.6 Å². The number of amides is 1. The summed E-state index contributed by atoms with van der Waals surface area (Å²) in [5.41, 5.74) is 3.79. The van der Waals surface area contributed by atoms with Gasteiger partial charge in [-0.25, -0.2) is 5.43 Å². The monoisotopic (exact) mass is 382 g/mol. The van der Waals surface area contributed by atoms with E-state index in [1.54, 1.807) is 30.3 Å². The first-order valence-corrected chi connectivity index (χ1v) is 8.53. The zero-order chi connectivity index (χ0) is 20.4. The highest BCUT2D eigenvalue weighted by atomic mass is 16.5. The molecule has 0 atom stereocenters. The van der Waals surface area contributed by atoms with E-state index in [-0.39, 0.29) is 6.61 Å². The summed E-state index contributed by atoms with van der Waals surface area (Å²) in [6.07, 6.45) is 3.77. The minimum Gasteiger partial charge on any atom is -0.497 e. The van der Waals surface area contributed by atoms with Crippen LogP contribution in [0.25, 0.3) is 0 Å². The molecule has 28 heavy (non-hydrogen) atoms. The minimum absolute atomic E-state index is 0.194. The number of hydrogen-bond acceptors (Lipinski definition) is 6. The first kappa shape index (κ1) is 20.7. The molecule has 0 fully saturated rings. The number of carbonyl (C=O) groups excluding carboxylic acids is 2. The number of nitrogens with one attached hydrogen (secondary N) is 1. The summed E-state index contributed by atoms with van der Waals surface area (Å²) in [6, 6.07) is 12.3. The van der Waals surface area contributed by atoms with Crippen LogP contribution in [0.5, 0.6) is 17.2 Å². The van der Waals surface area contributed by atoms with E-state index in [0.717, 1.165) is 5.56 Å². The van der Waals surface area contributed by atoms with Gasteiger partial charge in [-0.2, -0.15) is 5.10 Å². The van der Waals surface area contributed by atoms with Crippen LogP contribution >= 0.6 is 0 Å². The Bertz CT molecular complexity index is 877. The van der Waals surface area contributed by atoms with E-state index < -0.39 is 11.9 Å². The third-order valence-corrected chi connectivity index (χ3v) is 3.56. The molecular weight excluding hydrogens is 360 g/mol. The van der Waals surface area contributed by atoms with Crippen LogP contribution in [-0.2, 0) is 16.0 Å². The summed E-state index contributed by atoms with van der Waals surface area (Å²) in [6.45, 7) is 4.81. The number of rotatable bonds is 9. The summed E-state index contributed by atoms with van der Waals surface area (Å²) in [4.78, 5) is 23.2. The van der Waals surface area contributed by atoms with E-state index in [2.05, 4.69) is 17.1 Å². The Kier molecular flexibility index (Phi) is 7.77. The number of methoxy groups -OCH3 is 1. The maximum absolute atomic E-state index is 12.0. The molecule has 0 unspecified atom stereocenters. The highest BCUT2D eigenvalue weighted by Gasteiger charge is 2.08. The van der Waals surface area contributed by atoms with Crippen molar-refractivity contribution in [1.29, 1.82) is 0 Å². The molecule has 2 aromatic carbocycles. The quantitative estimate of drug-likeness (QED) is 0.237. The standard InChI is InChI=1S/C21H22N2O5/c1-4-7-16-8-5-6-9-19(16)27-14-21(25)23-22-13-17-12-18(26-3)10-11-20(17)28-15(2)24/h4-6,8-13H,1,7,14H2,2-3H3,(H,23,25). The van der Waals surface area contributed by atoms with E-state index in [4.69, 9.17) is 14.2 Å². The third kappa shape index (κ3) is 6.28. The first-order valence-electron chi connectivity index (χ1n) is 8.53. The second-order valence-corrected chi connectivity index (χ2v) is 5.68. The van der Waals surface area contributed by atoms with Gasteiger partial charge in [0.25, 0.3) is 5.91 Å². The summed E-state index contributed by atoms with van der Waals surface area (Å²) in [5.74, 6) is 0.593. The van der Waals surface area contributed by atoms with E-state index in [0.29, 0.717) is 29.2 Å². The molecule has 0 radical (unpaired) electrons. The number of benzene rings is 2. The van der Waals surface area contributed by atoms with E-state index in [9.17, 15) is 9.59 Å². The fraction of sp³-hybridized carbons (Fsp3) is 0.190. The second kappa shape index (κ2) is 10.5. The van der Waals surface area contributed by atoms with Gasteiger partial charge < -0.3 is 14.2 Å². The van der Waals surface area contributed by atoms with Crippen molar-refractivity contribution in [2.45, 2.75) is 13.3 Å². The molecule has 146 valence electrons. The molecule has 0 aliphatic rings. The fourth-order valence-corrected chi connectivity index (χ4v) is 2.32. The Balaban J connectivity index is 1.98. The highest BCUT2D eigenvalue weighted by molar-refractivity contribution is 5.87. The molecule has 2 rings (SSSR count). The number of para-hydroxylation sites is 1. The molecule has 0 saturated carbocycles. The molecule has 0 aromatic heterocycles. The minimum atomic E-state index is -0.463. The van der Waals surface area contributed by atoms with E-state index in [1.807, 2.05) is 18.2 Å². The first-order chi connectivity index (χ1) is 13.5. The van der Waals surface area contributed by atoms with Crippen molar-refractivity contribution in [1.82, 2.24) is 5.43 Å². The number of allylic oxidation sites excluding steroid dienone is 1. The van der Waals surface area contributed by atoms with Crippen LogP contribution in [-0.4, -0.2) is 31.8 Å². The lowest BCUT2D eigenvalue weighted by Crippen LogP contribution is -2.24.